The van der Waals surface area contributed by atoms with Gasteiger partial charge in [-0.3, -0.25) is 0 Å². The molecule has 160 valence electrons. The number of aliphatic carboxylic acids is 4. The summed E-state index contributed by atoms with van der Waals surface area (Å²) in [6, 6.07) is 0. The second-order valence-electron chi connectivity index (χ2n) is 5.04. The Morgan fingerprint density at radius 3 is 0.655 bits per heavy atom. The van der Waals surface area contributed by atoms with Crippen LogP contribution in [0.1, 0.15) is 0 Å². The zero-order chi connectivity index (χ0) is 21.1. The van der Waals surface area contributed by atoms with Crippen LogP contribution in [0.2, 0.25) is 0 Å². The molecule has 4 aliphatic heterocycles. The molecule has 0 saturated carbocycles. The molecule has 0 aromatic heterocycles. The van der Waals surface area contributed by atoms with Gasteiger partial charge in [-0.15, -0.1) is 0 Å². The van der Waals surface area contributed by atoms with Crippen LogP contribution in [0, 0.1) is 0 Å². The molecule has 0 aliphatic carbocycles. The van der Waals surface area contributed by atoms with E-state index in [9.17, 15) is 19.2 Å². The van der Waals surface area contributed by atoms with E-state index in [1.807, 2.05) is 0 Å². The topological polar surface area (TPSA) is 186 Å². The van der Waals surface area contributed by atoms with E-state index >= 15 is 0 Å². The highest BCUT2D eigenvalue weighted by atomic mass is 28.1. The van der Waals surface area contributed by atoms with Gasteiger partial charge in [-0.05, 0) is 11.0 Å². The molecule has 0 radical (unpaired) electrons. The summed E-state index contributed by atoms with van der Waals surface area (Å²) in [7, 11) is 0. The van der Waals surface area contributed by atoms with Crippen molar-refractivity contribution in [2.45, 2.75) is 0 Å². The van der Waals surface area contributed by atoms with E-state index in [1.165, 1.54) is 25.0 Å². The molecular formula is C16H20O12Si. The molecule has 4 N–H and O–H groups in total. The van der Waals surface area contributed by atoms with Crippen molar-refractivity contribution in [1.82, 2.24) is 0 Å². The van der Waals surface area contributed by atoms with Gasteiger partial charge in [0.1, 0.15) is 48.7 Å². The lowest BCUT2D eigenvalue weighted by atomic mass is 10.3. The van der Waals surface area contributed by atoms with Crippen LogP contribution in [0.4, 0.5) is 0 Å². The Bertz CT molecular complexity index is 634. The van der Waals surface area contributed by atoms with E-state index in [1.54, 1.807) is 0 Å². The van der Waals surface area contributed by atoms with Crippen molar-refractivity contribution in [2.75, 3.05) is 26.4 Å². The Labute approximate surface area is 167 Å². The van der Waals surface area contributed by atoms with Gasteiger partial charge in [0.2, 0.25) is 0 Å². The number of carboxylic acids is 4. The average molecular weight is 432 g/mol. The monoisotopic (exact) mass is 432 g/mol. The van der Waals surface area contributed by atoms with Gasteiger partial charge < -0.3 is 39.4 Å². The Hall–Kier alpha value is -3.74. The first-order valence-electron chi connectivity index (χ1n) is 7.38. The zero-order valence-corrected chi connectivity index (χ0v) is 14.2. The molecule has 0 spiro atoms. The van der Waals surface area contributed by atoms with Crippen LogP contribution < -0.4 is 0 Å². The number of carboxylic acid groups (broad SMARTS) is 4. The molecule has 4 rings (SSSR count). The predicted molar refractivity (Wildman–Crippen MR) is 98.0 cm³/mol. The molecule has 0 bridgehead atoms. The Morgan fingerprint density at radius 1 is 0.517 bits per heavy atom. The first kappa shape index (κ1) is 25.3. The summed E-state index contributed by atoms with van der Waals surface area (Å²) in [4.78, 5) is 39.3. The van der Waals surface area contributed by atoms with E-state index in [2.05, 4.69) is 18.9 Å². The second-order valence-corrected chi connectivity index (χ2v) is 5.04. The van der Waals surface area contributed by atoms with Crippen molar-refractivity contribution in [2.24, 2.45) is 0 Å². The van der Waals surface area contributed by atoms with Gasteiger partial charge in [0.25, 0.3) is 0 Å². The highest BCUT2D eigenvalue weighted by Gasteiger charge is 2.15. The zero-order valence-electron chi connectivity index (χ0n) is 14.2. The molecule has 0 unspecified atom stereocenters. The van der Waals surface area contributed by atoms with Crippen molar-refractivity contribution < 1.29 is 58.6 Å². The fourth-order valence-electron chi connectivity index (χ4n) is 1.12. The fraction of sp³-hybridized carbons (Fsp3) is 0.250. The number of hydrogen-bond acceptors (Lipinski definition) is 8. The number of ether oxygens (including phenoxy) is 4. The van der Waals surface area contributed by atoms with Crippen LogP contribution in [0.25, 0.3) is 0 Å². The molecule has 4 aliphatic rings. The first-order chi connectivity index (χ1) is 13.2. The molecule has 12 nitrogen and oxygen atoms in total. The maximum atomic E-state index is 9.83. The standard InChI is InChI=1S/4C4H4O3.H4Si/c4*5-4(6)3-1-7-2-3;/h4*1H,2H2,(H,5,6);1H4. The maximum Gasteiger partial charge on any atom is 0.338 e. The number of rotatable bonds is 4. The van der Waals surface area contributed by atoms with Gasteiger partial charge in [-0.2, -0.15) is 0 Å². The molecular weight excluding hydrogens is 412 g/mol. The summed E-state index contributed by atoms with van der Waals surface area (Å²) in [6.07, 6.45) is 4.95. The van der Waals surface area contributed by atoms with Crippen LogP contribution in [0.15, 0.2) is 47.3 Å². The minimum atomic E-state index is -0.883. The number of carbonyl (C=O) groups is 4. The predicted octanol–water partition coefficient (Wildman–Crippen LogP) is -1.51. The third kappa shape index (κ3) is 9.14. The second kappa shape index (κ2) is 12.6. The Morgan fingerprint density at radius 2 is 0.655 bits per heavy atom. The van der Waals surface area contributed by atoms with Crippen molar-refractivity contribution in [1.29, 1.82) is 0 Å². The van der Waals surface area contributed by atoms with E-state index in [0.29, 0.717) is 22.3 Å². The minimum Gasteiger partial charge on any atom is -0.495 e. The SMILES string of the molecule is O=C(O)C1=COC1.O=C(O)C1=COC1.O=C(O)C1=COC1.O=C(O)C1=COC1.[SiH4]. The highest BCUT2D eigenvalue weighted by Crippen LogP contribution is 2.07. The summed E-state index contributed by atoms with van der Waals surface area (Å²) in [5.74, 6) is -3.53. The highest BCUT2D eigenvalue weighted by molar-refractivity contribution is 5.88. The minimum absolute atomic E-state index is 0. The molecule has 0 amide bonds. The van der Waals surface area contributed by atoms with Gasteiger partial charge in [0.15, 0.2) is 0 Å². The summed E-state index contributed by atoms with van der Waals surface area (Å²) in [6.45, 7) is 1.04. The van der Waals surface area contributed by atoms with Crippen molar-refractivity contribution in [3.63, 3.8) is 0 Å². The molecule has 29 heavy (non-hydrogen) atoms. The number of hydrogen-bond donors (Lipinski definition) is 4. The van der Waals surface area contributed by atoms with Crippen LogP contribution >= 0.6 is 0 Å². The van der Waals surface area contributed by atoms with E-state index in [-0.39, 0.29) is 37.4 Å². The first-order valence-corrected chi connectivity index (χ1v) is 7.38. The maximum absolute atomic E-state index is 9.83. The molecule has 0 fully saturated rings. The van der Waals surface area contributed by atoms with Crippen molar-refractivity contribution >= 4 is 34.8 Å². The van der Waals surface area contributed by atoms with Gasteiger partial charge in [-0.1, -0.05) is 0 Å². The largest absolute Gasteiger partial charge is 0.495 e. The van der Waals surface area contributed by atoms with E-state index < -0.39 is 23.9 Å². The fourth-order valence-corrected chi connectivity index (χ4v) is 1.12. The molecule has 0 saturated heterocycles. The van der Waals surface area contributed by atoms with Gasteiger partial charge in [-0.25, -0.2) is 19.2 Å². The smallest absolute Gasteiger partial charge is 0.338 e. The van der Waals surface area contributed by atoms with E-state index in [0.717, 1.165) is 0 Å². The third-order valence-corrected chi connectivity index (χ3v) is 2.96. The Balaban J connectivity index is 0.000000356. The summed E-state index contributed by atoms with van der Waals surface area (Å²) in [5, 5.41) is 32.3. The normalized spacial score (nSPS) is 15.7. The van der Waals surface area contributed by atoms with E-state index in [4.69, 9.17) is 20.4 Å². The van der Waals surface area contributed by atoms with Crippen molar-refractivity contribution in [3.8, 4) is 0 Å². The van der Waals surface area contributed by atoms with Gasteiger partial charge in [0, 0.05) is 0 Å². The van der Waals surface area contributed by atoms with Crippen LogP contribution in [0.5, 0.6) is 0 Å². The van der Waals surface area contributed by atoms with Crippen LogP contribution in [-0.2, 0) is 38.1 Å². The lowest BCUT2D eigenvalue weighted by Gasteiger charge is -2.09. The third-order valence-electron chi connectivity index (χ3n) is 2.96. The lowest BCUT2D eigenvalue weighted by Crippen LogP contribution is -2.13. The summed E-state index contributed by atoms with van der Waals surface area (Å²) < 4.78 is 17.8. The summed E-state index contributed by atoms with van der Waals surface area (Å²) in [5.41, 5.74) is 1.39. The average Bonchev–Trinajstić information content (AvgIpc) is 2.28. The lowest BCUT2D eigenvalue weighted by molar-refractivity contribution is -0.135. The van der Waals surface area contributed by atoms with Crippen molar-refractivity contribution in [3.05, 3.63) is 47.3 Å². The molecule has 13 heteroatoms. The van der Waals surface area contributed by atoms with Gasteiger partial charge >= 0.3 is 23.9 Å². The molecule has 4 heterocycles. The molecule has 0 aromatic carbocycles. The summed E-state index contributed by atoms with van der Waals surface area (Å²) >= 11 is 0. The van der Waals surface area contributed by atoms with Crippen LogP contribution in [-0.4, -0.2) is 81.7 Å². The molecule has 0 aromatic rings. The van der Waals surface area contributed by atoms with Gasteiger partial charge in [0.05, 0.1) is 25.0 Å². The quantitative estimate of drug-likeness (QED) is 0.377. The van der Waals surface area contributed by atoms with Crippen LogP contribution in [0.3, 0.4) is 0 Å². The Kier molecular flexibility index (Phi) is 11.0. The molecule has 0 atom stereocenters.